The number of para-hydroxylation sites is 2. The molecule has 0 aliphatic carbocycles. The summed E-state index contributed by atoms with van der Waals surface area (Å²) in [7, 11) is 2.19. The van der Waals surface area contributed by atoms with Gasteiger partial charge in [-0.05, 0) is 31.2 Å². The van der Waals surface area contributed by atoms with Gasteiger partial charge in [0.1, 0.15) is 18.0 Å². The van der Waals surface area contributed by atoms with Crippen molar-refractivity contribution >= 4 is 22.7 Å². The van der Waals surface area contributed by atoms with Crippen LogP contribution in [0.4, 0.5) is 11.6 Å². The molecule has 37 heavy (non-hydrogen) atoms. The molecule has 2 saturated heterocycles. The Morgan fingerprint density at radius 2 is 1.70 bits per heavy atom. The Hall–Kier alpha value is -2.88. The van der Waals surface area contributed by atoms with Gasteiger partial charge in [-0.15, -0.1) is 0 Å². The number of likely N-dealkylation sites (N-methyl/N-ethyl adjacent to an activating group) is 1. The van der Waals surface area contributed by atoms with Crippen LogP contribution in [0.5, 0.6) is 5.75 Å². The van der Waals surface area contributed by atoms with Crippen LogP contribution in [0.15, 0.2) is 36.5 Å². The number of nitrogens with two attached hydrogens (primary N) is 1. The van der Waals surface area contributed by atoms with Gasteiger partial charge >= 0.3 is 0 Å². The summed E-state index contributed by atoms with van der Waals surface area (Å²) in [5.74, 6) is 1.86. The Labute approximate surface area is 220 Å². The lowest BCUT2D eigenvalue weighted by molar-refractivity contribution is 0.134. The van der Waals surface area contributed by atoms with Crippen molar-refractivity contribution in [3.05, 3.63) is 42.2 Å². The normalized spacial score (nSPS) is 18.2. The Morgan fingerprint density at radius 3 is 2.46 bits per heavy atom. The molecular formula is C28H42N8O. The molecule has 2 N–H and O–H groups in total. The van der Waals surface area contributed by atoms with Crippen LogP contribution in [0.1, 0.15) is 19.5 Å². The molecule has 9 heteroatoms. The number of nitrogens with zero attached hydrogens (tertiary/aromatic N) is 7. The molecular weight excluding hydrogens is 464 g/mol. The number of rotatable bonds is 9. The summed E-state index contributed by atoms with van der Waals surface area (Å²) in [4.78, 5) is 18.6. The van der Waals surface area contributed by atoms with E-state index in [4.69, 9.17) is 10.5 Å². The summed E-state index contributed by atoms with van der Waals surface area (Å²) in [5, 5.41) is 1.06. The van der Waals surface area contributed by atoms with E-state index in [2.05, 4.69) is 85.4 Å². The van der Waals surface area contributed by atoms with Gasteiger partial charge < -0.3 is 24.8 Å². The van der Waals surface area contributed by atoms with Gasteiger partial charge in [0.2, 0.25) is 5.95 Å². The lowest BCUT2D eigenvalue weighted by atomic mass is 10.2. The van der Waals surface area contributed by atoms with Gasteiger partial charge in [0.25, 0.3) is 0 Å². The zero-order valence-corrected chi connectivity index (χ0v) is 22.6. The summed E-state index contributed by atoms with van der Waals surface area (Å²) >= 11 is 0. The van der Waals surface area contributed by atoms with Crippen molar-refractivity contribution in [2.24, 2.45) is 5.92 Å². The lowest BCUT2D eigenvalue weighted by Gasteiger charge is -2.37. The molecule has 200 valence electrons. The summed E-state index contributed by atoms with van der Waals surface area (Å²) in [6, 6.07) is 10.7. The first-order chi connectivity index (χ1) is 18.0. The first-order valence-electron chi connectivity index (χ1n) is 13.7. The molecule has 5 rings (SSSR count). The predicted octanol–water partition coefficient (Wildman–Crippen LogP) is 2.62. The number of piperazine rings is 2. The minimum Gasteiger partial charge on any atom is -0.490 e. The number of fused-ring (bicyclic) bond motifs is 1. The van der Waals surface area contributed by atoms with Crippen molar-refractivity contribution in [1.82, 2.24) is 29.2 Å². The molecule has 0 radical (unpaired) electrons. The Morgan fingerprint density at radius 1 is 0.973 bits per heavy atom. The maximum Gasteiger partial charge on any atom is 0.221 e. The number of anilines is 2. The van der Waals surface area contributed by atoms with Crippen LogP contribution >= 0.6 is 0 Å². The molecule has 2 fully saturated rings. The molecule has 0 atom stereocenters. The maximum absolute atomic E-state index is 6.30. The van der Waals surface area contributed by atoms with E-state index in [0.717, 1.165) is 95.4 Å². The molecule has 0 amide bonds. The molecule has 4 heterocycles. The summed E-state index contributed by atoms with van der Waals surface area (Å²) in [6.45, 7) is 16.5. The van der Waals surface area contributed by atoms with Gasteiger partial charge in [0, 0.05) is 89.3 Å². The molecule has 0 spiro atoms. The molecule has 1 aromatic carbocycles. The highest BCUT2D eigenvalue weighted by atomic mass is 16.5. The number of nitrogen functional groups attached to an aromatic ring is 1. The highest BCUT2D eigenvalue weighted by molar-refractivity contribution is 5.77. The SMILES string of the molecule is CC(C)Cn1c(CN2CCN(c3ccccc3OCCN3CCN(C)CC3)CC2)cc2cnc(N)nc21. The van der Waals surface area contributed by atoms with Crippen molar-refractivity contribution in [2.75, 3.05) is 83.2 Å². The number of hydrogen-bond acceptors (Lipinski definition) is 8. The largest absolute Gasteiger partial charge is 0.490 e. The average molecular weight is 507 g/mol. The Balaban J connectivity index is 1.19. The van der Waals surface area contributed by atoms with E-state index >= 15 is 0 Å². The van der Waals surface area contributed by atoms with Gasteiger partial charge in [-0.2, -0.15) is 4.98 Å². The molecule has 0 saturated carbocycles. The molecule has 2 aliphatic rings. The van der Waals surface area contributed by atoms with Gasteiger partial charge in [-0.1, -0.05) is 26.0 Å². The van der Waals surface area contributed by atoms with Crippen molar-refractivity contribution in [2.45, 2.75) is 26.9 Å². The van der Waals surface area contributed by atoms with E-state index in [1.165, 1.54) is 11.4 Å². The first-order valence-corrected chi connectivity index (χ1v) is 13.7. The minimum atomic E-state index is 0.334. The molecule has 0 unspecified atom stereocenters. The maximum atomic E-state index is 6.30. The van der Waals surface area contributed by atoms with Crippen molar-refractivity contribution in [3.63, 3.8) is 0 Å². The van der Waals surface area contributed by atoms with Crippen molar-refractivity contribution in [3.8, 4) is 5.75 Å². The van der Waals surface area contributed by atoms with Crippen LogP contribution in [0, 0.1) is 5.92 Å². The van der Waals surface area contributed by atoms with Gasteiger partial charge in [0.15, 0.2) is 0 Å². The topological polar surface area (TPSA) is 78.9 Å². The number of hydrogen-bond donors (Lipinski definition) is 1. The van der Waals surface area contributed by atoms with E-state index in [1.807, 2.05) is 6.20 Å². The lowest BCUT2D eigenvalue weighted by Crippen LogP contribution is -2.46. The molecule has 2 aromatic heterocycles. The second-order valence-electron chi connectivity index (χ2n) is 10.9. The molecule has 2 aliphatic heterocycles. The summed E-state index contributed by atoms with van der Waals surface area (Å²) in [5.41, 5.74) is 9.34. The van der Waals surface area contributed by atoms with E-state index in [9.17, 15) is 0 Å². The predicted molar refractivity (Wildman–Crippen MR) is 150 cm³/mol. The smallest absolute Gasteiger partial charge is 0.221 e. The van der Waals surface area contributed by atoms with Crippen LogP contribution in [0.25, 0.3) is 11.0 Å². The van der Waals surface area contributed by atoms with Gasteiger partial charge in [-0.3, -0.25) is 9.80 Å². The third-order valence-electron chi connectivity index (χ3n) is 7.51. The second-order valence-corrected chi connectivity index (χ2v) is 10.9. The van der Waals surface area contributed by atoms with E-state index in [1.54, 1.807) is 0 Å². The van der Waals surface area contributed by atoms with E-state index < -0.39 is 0 Å². The number of aromatic nitrogens is 3. The highest BCUT2D eigenvalue weighted by Crippen LogP contribution is 2.29. The zero-order chi connectivity index (χ0) is 25.8. The molecule has 3 aromatic rings. The van der Waals surface area contributed by atoms with E-state index in [-0.39, 0.29) is 0 Å². The Kier molecular flexibility index (Phi) is 8.12. The van der Waals surface area contributed by atoms with Crippen molar-refractivity contribution in [1.29, 1.82) is 0 Å². The van der Waals surface area contributed by atoms with Gasteiger partial charge in [0.05, 0.1) is 5.69 Å². The van der Waals surface area contributed by atoms with Crippen LogP contribution in [0.3, 0.4) is 0 Å². The van der Waals surface area contributed by atoms with Crippen LogP contribution < -0.4 is 15.4 Å². The third kappa shape index (κ3) is 6.34. The molecule has 9 nitrogen and oxygen atoms in total. The average Bonchev–Trinajstić information content (AvgIpc) is 3.21. The molecule has 0 bridgehead atoms. The quantitative estimate of drug-likeness (QED) is 0.475. The fourth-order valence-corrected chi connectivity index (χ4v) is 5.38. The van der Waals surface area contributed by atoms with Crippen LogP contribution in [-0.4, -0.2) is 102 Å². The number of ether oxygens (including phenoxy) is 1. The van der Waals surface area contributed by atoms with Gasteiger partial charge in [-0.25, -0.2) is 4.98 Å². The second kappa shape index (κ2) is 11.7. The van der Waals surface area contributed by atoms with E-state index in [0.29, 0.717) is 11.9 Å². The number of benzene rings is 1. The van der Waals surface area contributed by atoms with Crippen LogP contribution in [0.2, 0.25) is 0 Å². The fraction of sp³-hybridized carbons (Fsp3) is 0.571. The standard InChI is InChI=1S/C28H42N8O/c1-22(2)20-36-24(18-23-19-30-28(29)31-27(23)36)21-34-12-14-35(15-13-34)25-6-4-5-7-26(25)37-17-16-33-10-8-32(3)9-11-33/h4-7,18-19,22H,8-17,20-21H2,1-3H3,(H2,29,30,31). The zero-order valence-electron chi connectivity index (χ0n) is 22.6. The summed E-state index contributed by atoms with van der Waals surface area (Å²) in [6.07, 6.45) is 1.84. The highest BCUT2D eigenvalue weighted by Gasteiger charge is 2.22. The fourth-order valence-electron chi connectivity index (χ4n) is 5.38. The van der Waals surface area contributed by atoms with Crippen LogP contribution in [-0.2, 0) is 13.1 Å². The summed E-state index contributed by atoms with van der Waals surface area (Å²) < 4.78 is 8.63. The minimum absolute atomic E-state index is 0.334. The monoisotopic (exact) mass is 506 g/mol. The Bertz CT molecular complexity index is 1160. The third-order valence-corrected chi connectivity index (χ3v) is 7.51. The first kappa shape index (κ1) is 25.8. The van der Waals surface area contributed by atoms with Crippen molar-refractivity contribution < 1.29 is 4.74 Å².